The van der Waals surface area contributed by atoms with Gasteiger partial charge in [-0.1, -0.05) is 0 Å². The molecule has 0 radical (unpaired) electrons. The van der Waals surface area contributed by atoms with Crippen molar-refractivity contribution in [2.75, 3.05) is 0 Å². The van der Waals surface area contributed by atoms with E-state index in [2.05, 4.69) is 20.4 Å². The lowest BCUT2D eigenvalue weighted by molar-refractivity contribution is 0.531. The quantitative estimate of drug-likeness (QED) is 0.726. The first kappa shape index (κ1) is 9.27. The van der Waals surface area contributed by atoms with Gasteiger partial charge in [0.25, 0.3) is 0 Å². The van der Waals surface area contributed by atoms with Crippen LogP contribution in [0.25, 0.3) is 11.4 Å². The number of nitrogens with zero attached hydrogens (tertiary/aromatic N) is 6. The predicted octanol–water partition coefficient (Wildman–Crippen LogP) is 0.649. The lowest BCUT2D eigenvalue weighted by Gasteiger charge is -1.91. The molecule has 0 aliphatic heterocycles. The topological polar surface area (TPSA) is 80.3 Å². The van der Waals surface area contributed by atoms with Crippen LogP contribution in [0, 0.1) is 11.3 Å². The Kier molecular flexibility index (Phi) is 2.65. The minimum atomic E-state index is 0.378. The molecule has 0 saturated carbocycles. The van der Waals surface area contributed by atoms with Crippen molar-refractivity contribution in [2.45, 2.75) is 13.0 Å². The van der Waals surface area contributed by atoms with Gasteiger partial charge in [0.2, 0.25) is 5.82 Å². The second kappa shape index (κ2) is 4.28. The number of pyridine rings is 1. The Morgan fingerprint density at radius 3 is 3.13 bits per heavy atom. The summed E-state index contributed by atoms with van der Waals surface area (Å²) in [4.78, 5) is 5.37. The molecule has 2 heterocycles. The maximum Gasteiger partial charge on any atom is 0.206 e. The van der Waals surface area contributed by atoms with Crippen molar-refractivity contribution in [3.05, 3.63) is 24.5 Å². The molecule has 0 aliphatic carbocycles. The summed E-state index contributed by atoms with van der Waals surface area (Å²) >= 11 is 0. The number of tetrazole rings is 1. The fourth-order valence-electron chi connectivity index (χ4n) is 1.10. The van der Waals surface area contributed by atoms with E-state index in [9.17, 15) is 0 Å². The zero-order valence-electron chi connectivity index (χ0n) is 7.91. The highest BCUT2D eigenvalue weighted by molar-refractivity contribution is 5.51. The number of hydrogen-bond acceptors (Lipinski definition) is 5. The van der Waals surface area contributed by atoms with Gasteiger partial charge in [-0.05, 0) is 17.3 Å². The first-order valence-electron chi connectivity index (χ1n) is 4.45. The molecule has 74 valence electrons. The minimum Gasteiger partial charge on any atom is -0.264 e. The van der Waals surface area contributed by atoms with E-state index in [-0.39, 0.29) is 0 Å². The van der Waals surface area contributed by atoms with Crippen molar-refractivity contribution < 1.29 is 0 Å². The number of hydrogen-bond donors (Lipinski definition) is 0. The first-order chi connectivity index (χ1) is 7.40. The predicted molar refractivity (Wildman–Crippen MR) is 51.3 cm³/mol. The molecule has 0 unspecified atom stereocenters. The van der Waals surface area contributed by atoms with Crippen LogP contribution < -0.4 is 0 Å². The molecular formula is C9H8N6. The molecule has 0 bridgehead atoms. The molecule has 0 spiro atoms. The summed E-state index contributed by atoms with van der Waals surface area (Å²) in [5.74, 6) is 0.529. The third kappa shape index (κ3) is 2.14. The van der Waals surface area contributed by atoms with Crippen LogP contribution in [-0.4, -0.2) is 25.2 Å². The molecule has 0 saturated heterocycles. The third-order valence-electron chi connectivity index (χ3n) is 1.80. The summed E-state index contributed by atoms with van der Waals surface area (Å²) in [6.45, 7) is 0.462. The number of aromatic nitrogens is 5. The summed E-state index contributed by atoms with van der Waals surface area (Å²) in [7, 11) is 0. The molecule has 2 aromatic rings. The Hall–Kier alpha value is -2.29. The van der Waals surface area contributed by atoms with Crippen LogP contribution in [0.5, 0.6) is 0 Å². The van der Waals surface area contributed by atoms with Crippen molar-refractivity contribution in [2.24, 2.45) is 0 Å². The standard InChI is InChI=1S/C9H8N6/c10-4-2-6-15-13-9(12-14-15)8-3-1-5-11-7-8/h1,3,5,7H,2,6H2. The average Bonchev–Trinajstić information content (AvgIpc) is 2.76. The van der Waals surface area contributed by atoms with Crippen LogP contribution in [0.1, 0.15) is 6.42 Å². The fraction of sp³-hybridized carbons (Fsp3) is 0.222. The SMILES string of the molecule is N#CCCn1nnc(-c2cccnc2)n1. The number of nitriles is 1. The van der Waals surface area contributed by atoms with E-state index in [1.807, 2.05) is 18.2 Å². The van der Waals surface area contributed by atoms with Crippen LogP contribution in [0.15, 0.2) is 24.5 Å². The Balaban J connectivity index is 2.18. The van der Waals surface area contributed by atoms with Gasteiger partial charge in [-0.25, -0.2) is 0 Å². The van der Waals surface area contributed by atoms with Crippen molar-refractivity contribution in [3.8, 4) is 17.5 Å². The van der Waals surface area contributed by atoms with E-state index in [0.717, 1.165) is 5.56 Å². The van der Waals surface area contributed by atoms with E-state index in [4.69, 9.17) is 5.26 Å². The minimum absolute atomic E-state index is 0.378. The zero-order chi connectivity index (χ0) is 10.5. The highest BCUT2D eigenvalue weighted by Gasteiger charge is 2.04. The molecule has 6 nitrogen and oxygen atoms in total. The monoisotopic (exact) mass is 200 g/mol. The van der Waals surface area contributed by atoms with Crippen LogP contribution in [0.2, 0.25) is 0 Å². The smallest absolute Gasteiger partial charge is 0.206 e. The molecule has 6 heteroatoms. The summed E-state index contributed by atoms with van der Waals surface area (Å²) in [5, 5.41) is 20.2. The zero-order valence-corrected chi connectivity index (χ0v) is 7.91. The second-order valence-electron chi connectivity index (χ2n) is 2.86. The molecule has 2 aromatic heterocycles. The second-order valence-corrected chi connectivity index (χ2v) is 2.86. The summed E-state index contributed by atoms with van der Waals surface area (Å²) in [6, 6.07) is 5.69. The van der Waals surface area contributed by atoms with Crippen molar-refractivity contribution in [1.82, 2.24) is 25.2 Å². The lowest BCUT2D eigenvalue weighted by Crippen LogP contribution is -2.01. The van der Waals surface area contributed by atoms with Crippen molar-refractivity contribution in [1.29, 1.82) is 5.26 Å². The number of rotatable bonds is 3. The molecule has 15 heavy (non-hydrogen) atoms. The lowest BCUT2D eigenvalue weighted by atomic mass is 10.3. The van der Waals surface area contributed by atoms with Crippen LogP contribution >= 0.6 is 0 Å². The highest BCUT2D eigenvalue weighted by atomic mass is 15.6. The van der Waals surface area contributed by atoms with Crippen LogP contribution in [0.3, 0.4) is 0 Å². The highest BCUT2D eigenvalue weighted by Crippen LogP contribution is 2.10. The summed E-state index contributed by atoms with van der Waals surface area (Å²) in [5.41, 5.74) is 0.820. The van der Waals surface area contributed by atoms with Gasteiger partial charge in [0.1, 0.15) is 0 Å². The van der Waals surface area contributed by atoms with E-state index < -0.39 is 0 Å². The van der Waals surface area contributed by atoms with Crippen molar-refractivity contribution >= 4 is 0 Å². The molecule has 0 amide bonds. The third-order valence-corrected chi connectivity index (χ3v) is 1.80. The normalized spacial score (nSPS) is 9.80. The van der Waals surface area contributed by atoms with E-state index in [0.29, 0.717) is 18.8 Å². The van der Waals surface area contributed by atoms with E-state index in [1.165, 1.54) is 4.80 Å². The van der Waals surface area contributed by atoms with Gasteiger partial charge in [-0.15, -0.1) is 10.2 Å². The summed E-state index contributed by atoms with van der Waals surface area (Å²) < 4.78 is 0. The Morgan fingerprint density at radius 2 is 2.40 bits per heavy atom. The van der Waals surface area contributed by atoms with Gasteiger partial charge in [-0.2, -0.15) is 10.1 Å². The van der Waals surface area contributed by atoms with Crippen LogP contribution in [-0.2, 0) is 6.54 Å². The van der Waals surface area contributed by atoms with Gasteiger partial charge in [0.15, 0.2) is 0 Å². The number of aryl methyl sites for hydroxylation is 1. The average molecular weight is 200 g/mol. The molecular weight excluding hydrogens is 192 g/mol. The largest absolute Gasteiger partial charge is 0.264 e. The molecule has 0 atom stereocenters. The molecule has 0 aliphatic rings. The molecule has 2 rings (SSSR count). The maximum atomic E-state index is 8.40. The maximum absolute atomic E-state index is 8.40. The molecule has 0 N–H and O–H groups in total. The van der Waals surface area contributed by atoms with Crippen LogP contribution in [0.4, 0.5) is 0 Å². The fourth-order valence-corrected chi connectivity index (χ4v) is 1.10. The Morgan fingerprint density at radius 1 is 1.47 bits per heavy atom. The Bertz CT molecular complexity index is 469. The van der Waals surface area contributed by atoms with Gasteiger partial charge in [-0.3, -0.25) is 4.98 Å². The van der Waals surface area contributed by atoms with Gasteiger partial charge < -0.3 is 0 Å². The molecule has 0 aromatic carbocycles. The molecule has 0 fully saturated rings. The summed E-state index contributed by atoms with van der Waals surface area (Å²) in [6.07, 6.45) is 3.73. The van der Waals surface area contributed by atoms with Crippen molar-refractivity contribution in [3.63, 3.8) is 0 Å². The Labute approximate surface area is 86.2 Å². The van der Waals surface area contributed by atoms with E-state index in [1.54, 1.807) is 12.4 Å². The van der Waals surface area contributed by atoms with Gasteiger partial charge in [0.05, 0.1) is 19.0 Å². The first-order valence-corrected chi connectivity index (χ1v) is 4.45. The van der Waals surface area contributed by atoms with Gasteiger partial charge >= 0.3 is 0 Å². The van der Waals surface area contributed by atoms with Gasteiger partial charge in [0, 0.05) is 18.0 Å². The van der Waals surface area contributed by atoms with E-state index >= 15 is 0 Å².